The number of rotatable bonds is 2. The molecule has 82 valence electrons. The molecule has 0 aromatic rings. The second-order valence-electron chi connectivity index (χ2n) is 4.35. The van der Waals surface area contributed by atoms with Gasteiger partial charge in [-0.05, 0) is 27.2 Å². The summed E-state index contributed by atoms with van der Waals surface area (Å²) in [6, 6.07) is -0.146. The molecule has 1 fully saturated rings. The van der Waals surface area contributed by atoms with Crippen LogP contribution in [0.25, 0.3) is 0 Å². The van der Waals surface area contributed by atoms with Gasteiger partial charge in [0, 0.05) is 12.1 Å². The highest BCUT2D eigenvalue weighted by Gasteiger charge is 2.43. The van der Waals surface area contributed by atoms with Crippen molar-refractivity contribution in [3.05, 3.63) is 0 Å². The average Bonchev–Trinajstić information content (AvgIpc) is 2.40. The van der Waals surface area contributed by atoms with Gasteiger partial charge < -0.3 is 16.0 Å². The van der Waals surface area contributed by atoms with Crippen molar-refractivity contribution in [2.75, 3.05) is 6.54 Å². The zero-order valence-corrected chi connectivity index (χ0v) is 8.94. The van der Waals surface area contributed by atoms with Crippen molar-refractivity contribution in [3.8, 4) is 0 Å². The fourth-order valence-corrected chi connectivity index (χ4v) is 2.03. The molecular weight excluding hydrogens is 182 g/mol. The fourth-order valence-electron chi connectivity index (χ4n) is 2.03. The van der Waals surface area contributed by atoms with E-state index in [-0.39, 0.29) is 23.5 Å². The van der Waals surface area contributed by atoms with E-state index in [0.717, 1.165) is 13.0 Å². The first-order chi connectivity index (χ1) is 6.41. The number of hydrogen-bond donors (Lipinski definition) is 3. The van der Waals surface area contributed by atoms with E-state index in [9.17, 15) is 5.11 Å². The van der Waals surface area contributed by atoms with E-state index in [4.69, 9.17) is 10.9 Å². The van der Waals surface area contributed by atoms with Gasteiger partial charge in [-0.25, -0.2) is 0 Å². The second-order valence-corrected chi connectivity index (χ2v) is 4.35. The first-order valence-electron chi connectivity index (χ1n) is 4.83. The van der Waals surface area contributed by atoms with Crippen LogP contribution in [-0.2, 0) is 0 Å². The lowest BCUT2D eigenvalue weighted by Crippen LogP contribution is -2.53. The van der Waals surface area contributed by atoms with Crippen LogP contribution in [0, 0.1) is 0 Å². The third kappa shape index (κ3) is 1.69. The highest BCUT2D eigenvalue weighted by Crippen LogP contribution is 2.30. The Morgan fingerprint density at radius 3 is 2.57 bits per heavy atom. The van der Waals surface area contributed by atoms with Gasteiger partial charge in [0.1, 0.15) is 0 Å². The Hall–Kier alpha value is -0.810. The summed E-state index contributed by atoms with van der Waals surface area (Å²) in [5.74, 6) is 0.187. The minimum Gasteiger partial charge on any atom is -0.409 e. The van der Waals surface area contributed by atoms with Gasteiger partial charge in [0.15, 0.2) is 5.84 Å². The maximum Gasteiger partial charge on any atom is 0.156 e. The van der Waals surface area contributed by atoms with Crippen molar-refractivity contribution in [1.29, 1.82) is 0 Å². The highest BCUT2D eigenvalue weighted by molar-refractivity contribution is 5.84. The lowest BCUT2D eigenvalue weighted by Gasteiger charge is -2.37. The zero-order chi connectivity index (χ0) is 10.9. The molecule has 0 radical (unpaired) electrons. The van der Waals surface area contributed by atoms with E-state index < -0.39 is 0 Å². The molecule has 5 nitrogen and oxygen atoms in total. The Morgan fingerprint density at radius 2 is 2.21 bits per heavy atom. The number of hydrogen-bond acceptors (Lipinski definition) is 4. The van der Waals surface area contributed by atoms with Crippen molar-refractivity contribution >= 4 is 5.84 Å². The van der Waals surface area contributed by atoms with Gasteiger partial charge in [-0.3, -0.25) is 4.90 Å². The van der Waals surface area contributed by atoms with Crippen LogP contribution in [0.3, 0.4) is 0 Å². The van der Waals surface area contributed by atoms with Gasteiger partial charge in [-0.1, -0.05) is 5.16 Å². The molecule has 2 atom stereocenters. The lowest BCUT2D eigenvalue weighted by molar-refractivity contribution is 0.0470. The number of oxime groups is 1. The number of nitrogens with two attached hydrogens (primary N) is 1. The average molecular weight is 201 g/mol. The van der Waals surface area contributed by atoms with E-state index >= 15 is 0 Å². The molecule has 0 aromatic heterocycles. The van der Waals surface area contributed by atoms with E-state index in [1.165, 1.54) is 0 Å². The molecule has 1 saturated heterocycles. The molecule has 1 aliphatic heterocycles. The smallest absolute Gasteiger partial charge is 0.156 e. The molecule has 0 spiro atoms. The maximum atomic E-state index is 9.75. The molecule has 0 aliphatic carbocycles. The van der Waals surface area contributed by atoms with Crippen molar-refractivity contribution in [2.24, 2.45) is 10.9 Å². The molecule has 14 heavy (non-hydrogen) atoms. The van der Waals surface area contributed by atoms with E-state index in [1.54, 1.807) is 0 Å². The number of aliphatic hydroxyl groups is 1. The van der Waals surface area contributed by atoms with Crippen molar-refractivity contribution in [1.82, 2.24) is 4.90 Å². The standard InChI is InChI=1S/C9H19N3O2/c1-6(8(10)11-14)12-5-4-7(13)9(12,2)3/h6-7,13-14H,4-5H2,1-3H3,(H2,10,11). The minimum absolute atomic E-state index is 0.146. The lowest BCUT2D eigenvalue weighted by atomic mass is 9.97. The summed E-state index contributed by atoms with van der Waals surface area (Å²) >= 11 is 0. The topological polar surface area (TPSA) is 82.1 Å². The van der Waals surface area contributed by atoms with Crippen molar-refractivity contribution in [2.45, 2.75) is 44.9 Å². The molecule has 1 aliphatic rings. The molecule has 1 rings (SSSR count). The first-order valence-corrected chi connectivity index (χ1v) is 4.83. The van der Waals surface area contributed by atoms with Crippen LogP contribution in [-0.4, -0.2) is 45.3 Å². The van der Waals surface area contributed by atoms with Gasteiger partial charge in [0.25, 0.3) is 0 Å². The van der Waals surface area contributed by atoms with Crippen LogP contribution in [0.15, 0.2) is 5.16 Å². The van der Waals surface area contributed by atoms with Gasteiger partial charge in [0.2, 0.25) is 0 Å². The molecule has 5 heteroatoms. The Kier molecular flexibility index (Phi) is 3.01. The molecule has 4 N–H and O–H groups in total. The molecule has 1 heterocycles. The summed E-state index contributed by atoms with van der Waals surface area (Å²) in [7, 11) is 0. The number of nitrogens with zero attached hydrogens (tertiary/aromatic N) is 2. The minimum atomic E-state index is -0.351. The predicted octanol–water partition coefficient (Wildman–Crippen LogP) is -0.0335. The number of amidine groups is 1. The number of likely N-dealkylation sites (tertiary alicyclic amines) is 1. The summed E-state index contributed by atoms with van der Waals surface area (Å²) < 4.78 is 0. The van der Waals surface area contributed by atoms with Crippen LogP contribution < -0.4 is 5.73 Å². The molecular formula is C9H19N3O2. The Balaban J connectivity index is 2.80. The largest absolute Gasteiger partial charge is 0.409 e. The van der Waals surface area contributed by atoms with E-state index in [0.29, 0.717) is 0 Å². The third-order valence-electron chi connectivity index (χ3n) is 3.21. The van der Waals surface area contributed by atoms with E-state index in [2.05, 4.69) is 5.16 Å². The van der Waals surface area contributed by atoms with Crippen LogP contribution in [0.4, 0.5) is 0 Å². The summed E-state index contributed by atoms with van der Waals surface area (Å²) in [5, 5.41) is 21.3. The van der Waals surface area contributed by atoms with Crippen LogP contribution in [0.2, 0.25) is 0 Å². The third-order valence-corrected chi connectivity index (χ3v) is 3.21. The van der Waals surface area contributed by atoms with Gasteiger partial charge in [0.05, 0.1) is 12.1 Å². The SMILES string of the molecule is CC(/C(N)=N/O)N1CCC(O)C1(C)C. The van der Waals surface area contributed by atoms with Crippen molar-refractivity contribution < 1.29 is 10.3 Å². The molecule has 0 saturated carbocycles. The van der Waals surface area contributed by atoms with Gasteiger partial charge in [-0.2, -0.15) is 0 Å². The van der Waals surface area contributed by atoms with Crippen LogP contribution >= 0.6 is 0 Å². The van der Waals surface area contributed by atoms with Crippen LogP contribution in [0.1, 0.15) is 27.2 Å². The zero-order valence-electron chi connectivity index (χ0n) is 8.94. The molecule has 0 amide bonds. The summed E-state index contributed by atoms with van der Waals surface area (Å²) in [4.78, 5) is 2.05. The molecule has 0 aromatic carbocycles. The quantitative estimate of drug-likeness (QED) is 0.253. The Bertz CT molecular complexity index is 240. The fraction of sp³-hybridized carbons (Fsp3) is 0.889. The second kappa shape index (κ2) is 3.74. The van der Waals surface area contributed by atoms with Crippen molar-refractivity contribution in [3.63, 3.8) is 0 Å². The Labute approximate surface area is 84.2 Å². The number of aliphatic hydroxyl groups excluding tert-OH is 1. The first kappa shape index (κ1) is 11.3. The highest BCUT2D eigenvalue weighted by atomic mass is 16.4. The maximum absolute atomic E-state index is 9.75. The summed E-state index contributed by atoms with van der Waals surface area (Å²) in [5.41, 5.74) is 5.23. The summed E-state index contributed by atoms with van der Waals surface area (Å²) in [6.45, 7) is 6.57. The molecule has 0 bridgehead atoms. The summed E-state index contributed by atoms with van der Waals surface area (Å²) in [6.07, 6.45) is 0.382. The monoisotopic (exact) mass is 201 g/mol. The molecule has 2 unspecified atom stereocenters. The normalized spacial score (nSPS) is 30.6. The van der Waals surface area contributed by atoms with Gasteiger partial charge in [-0.15, -0.1) is 0 Å². The van der Waals surface area contributed by atoms with Gasteiger partial charge >= 0.3 is 0 Å². The predicted molar refractivity (Wildman–Crippen MR) is 54.3 cm³/mol. The van der Waals surface area contributed by atoms with Crippen LogP contribution in [0.5, 0.6) is 0 Å². The van der Waals surface area contributed by atoms with E-state index in [1.807, 2.05) is 25.7 Å². The Morgan fingerprint density at radius 1 is 1.64 bits per heavy atom.